The van der Waals surface area contributed by atoms with Crippen molar-refractivity contribution >= 4 is 33.5 Å². The van der Waals surface area contributed by atoms with E-state index in [1.165, 1.54) is 39.8 Å². The molecule has 0 bridgehead atoms. The fraction of sp³-hybridized carbons (Fsp3) is 0.429. The number of aromatic hydroxyl groups is 2. The summed E-state index contributed by atoms with van der Waals surface area (Å²) in [6.07, 6.45) is 0. The summed E-state index contributed by atoms with van der Waals surface area (Å²) in [7, 11) is 2.38. The van der Waals surface area contributed by atoms with Crippen LogP contribution in [0.5, 0.6) is 11.5 Å². The Labute approximate surface area is 146 Å². The molecule has 7 N–H and O–H groups in total. The Kier molecular flexibility index (Phi) is 8.19. The SMILES string of the molecule is CC(NC(CSSCC(N)C(=O)O)C(=O)O)c1cc(O)ccc1O. The lowest BCUT2D eigenvalue weighted by Gasteiger charge is -2.21. The van der Waals surface area contributed by atoms with Crippen molar-refractivity contribution in [2.45, 2.75) is 25.0 Å². The topological polar surface area (TPSA) is 153 Å². The highest BCUT2D eigenvalue weighted by Crippen LogP contribution is 2.29. The molecule has 3 atom stereocenters. The standard InChI is InChI=1S/C14H20N2O6S2/c1-7(9-4-8(17)2-3-12(9)18)16-11(14(21)22)6-24-23-5-10(15)13(19)20/h2-4,7,10-11,16-18H,5-6,15H2,1H3,(H,19,20)(H,21,22). The molecule has 134 valence electrons. The number of phenolic OH excluding ortho intramolecular Hbond substituents is 2. The molecule has 8 nitrogen and oxygen atoms in total. The van der Waals surface area contributed by atoms with E-state index in [-0.39, 0.29) is 23.0 Å². The molecule has 10 heteroatoms. The zero-order valence-corrected chi connectivity index (χ0v) is 14.5. The van der Waals surface area contributed by atoms with E-state index in [2.05, 4.69) is 5.32 Å². The zero-order valence-electron chi connectivity index (χ0n) is 12.9. The normalized spacial score (nSPS) is 14.8. The molecule has 1 aromatic carbocycles. The van der Waals surface area contributed by atoms with Gasteiger partial charge in [0, 0.05) is 23.1 Å². The molecule has 0 amide bonds. The van der Waals surface area contributed by atoms with Crippen molar-refractivity contribution in [3.8, 4) is 11.5 Å². The van der Waals surface area contributed by atoms with Crippen LogP contribution in [0.1, 0.15) is 18.5 Å². The molecule has 0 heterocycles. The Morgan fingerprint density at radius 2 is 1.79 bits per heavy atom. The van der Waals surface area contributed by atoms with Gasteiger partial charge in [-0.3, -0.25) is 14.9 Å². The van der Waals surface area contributed by atoms with E-state index in [1.54, 1.807) is 6.92 Å². The molecule has 0 fully saturated rings. The van der Waals surface area contributed by atoms with Crippen LogP contribution in [0.15, 0.2) is 18.2 Å². The van der Waals surface area contributed by atoms with Gasteiger partial charge in [-0.1, -0.05) is 21.6 Å². The lowest BCUT2D eigenvalue weighted by molar-refractivity contribution is -0.139. The average molecular weight is 376 g/mol. The van der Waals surface area contributed by atoms with Gasteiger partial charge in [0.15, 0.2) is 0 Å². The molecule has 1 rings (SSSR count). The van der Waals surface area contributed by atoms with Crippen LogP contribution in [-0.4, -0.2) is 56.0 Å². The number of nitrogens with one attached hydrogen (secondary N) is 1. The van der Waals surface area contributed by atoms with Crippen molar-refractivity contribution in [1.29, 1.82) is 0 Å². The maximum atomic E-state index is 11.3. The fourth-order valence-electron chi connectivity index (χ4n) is 1.78. The highest BCUT2D eigenvalue weighted by atomic mass is 33.1. The highest BCUT2D eigenvalue weighted by Gasteiger charge is 2.22. The van der Waals surface area contributed by atoms with E-state index in [4.69, 9.17) is 10.8 Å². The second kappa shape index (κ2) is 9.62. The van der Waals surface area contributed by atoms with Crippen molar-refractivity contribution in [2.24, 2.45) is 5.73 Å². The predicted molar refractivity (Wildman–Crippen MR) is 93.3 cm³/mol. The number of phenols is 2. The number of carboxylic acids is 2. The number of benzene rings is 1. The maximum absolute atomic E-state index is 11.3. The molecule has 0 radical (unpaired) electrons. The number of carboxylic acid groups (broad SMARTS) is 2. The fourth-order valence-corrected chi connectivity index (χ4v) is 4.06. The van der Waals surface area contributed by atoms with Crippen LogP contribution in [0.2, 0.25) is 0 Å². The Morgan fingerprint density at radius 3 is 2.38 bits per heavy atom. The van der Waals surface area contributed by atoms with Crippen LogP contribution in [0.25, 0.3) is 0 Å². The van der Waals surface area contributed by atoms with Gasteiger partial charge >= 0.3 is 11.9 Å². The summed E-state index contributed by atoms with van der Waals surface area (Å²) in [4.78, 5) is 21.9. The van der Waals surface area contributed by atoms with Crippen molar-refractivity contribution < 1.29 is 30.0 Å². The lowest BCUT2D eigenvalue weighted by atomic mass is 10.1. The molecule has 3 unspecified atom stereocenters. The van der Waals surface area contributed by atoms with Gasteiger partial charge in [-0.05, 0) is 25.1 Å². The molecule has 0 saturated carbocycles. The van der Waals surface area contributed by atoms with Crippen LogP contribution in [0, 0.1) is 0 Å². The van der Waals surface area contributed by atoms with Crippen molar-refractivity contribution in [1.82, 2.24) is 5.32 Å². The summed E-state index contributed by atoms with van der Waals surface area (Å²) >= 11 is 0. The second-order valence-electron chi connectivity index (χ2n) is 5.04. The summed E-state index contributed by atoms with van der Waals surface area (Å²) < 4.78 is 0. The first-order chi connectivity index (χ1) is 11.2. The third-order valence-electron chi connectivity index (χ3n) is 3.11. The van der Waals surface area contributed by atoms with Gasteiger partial charge in [0.2, 0.25) is 0 Å². The molecule has 0 saturated heterocycles. The number of aliphatic carboxylic acids is 2. The Morgan fingerprint density at radius 1 is 1.17 bits per heavy atom. The quantitative estimate of drug-likeness (QED) is 0.198. The van der Waals surface area contributed by atoms with Crippen LogP contribution >= 0.6 is 21.6 Å². The van der Waals surface area contributed by atoms with E-state index in [9.17, 15) is 24.9 Å². The summed E-state index contributed by atoms with van der Waals surface area (Å²) in [5.41, 5.74) is 5.74. The van der Waals surface area contributed by atoms with Crippen LogP contribution < -0.4 is 11.1 Å². The van der Waals surface area contributed by atoms with Crippen molar-refractivity contribution in [3.63, 3.8) is 0 Å². The average Bonchev–Trinajstić information content (AvgIpc) is 2.51. The predicted octanol–water partition coefficient (Wildman–Crippen LogP) is 0.995. The second-order valence-corrected chi connectivity index (χ2v) is 7.59. The van der Waals surface area contributed by atoms with Crippen molar-refractivity contribution in [2.75, 3.05) is 11.5 Å². The van der Waals surface area contributed by atoms with Crippen LogP contribution in [-0.2, 0) is 9.59 Å². The monoisotopic (exact) mass is 376 g/mol. The summed E-state index contributed by atoms with van der Waals surface area (Å²) in [5, 5.41) is 40.1. The van der Waals surface area contributed by atoms with E-state index < -0.39 is 30.1 Å². The van der Waals surface area contributed by atoms with Gasteiger partial charge in [-0.25, -0.2) is 0 Å². The minimum absolute atomic E-state index is 0.0316. The first-order valence-electron chi connectivity index (χ1n) is 6.96. The summed E-state index contributed by atoms with van der Waals surface area (Å²) in [6.45, 7) is 1.67. The van der Waals surface area contributed by atoms with Gasteiger partial charge in [0.1, 0.15) is 23.6 Å². The molecule has 0 aliphatic heterocycles. The summed E-state index contributed by atoms with van der Waals surface area (Å²) in [6, 6.07) is 1.60. The van der Waals surface area contributed by atoms with Gasteiger partial charge in [0.05, 0.1) is 0 Å². The minimum atomic E-state index is -1.11. The number of rotatable bonds is 10. The molecule has 0 aliphatic carbocycles. The third-order valence-corrected chi connectivity index (χ3v) is 5.56. The minimum Gasteiger partial charge on any atom is -0.508 e. The Bertz CT molecular complexity index is 586. The molecular weight excluding hydrogens is 356 g/mol. The van der Waals surface area contributed by atoms with Crippen LogP contribution in [0.4, 0.5) is 0 Å². The summed E-state index contributed by atoms with van der Waals surface area (Å²) in [5.74, 6) is -1.92. The number of nitrogens with two attached hydrogens (primary N) is 1. The first kappa shape index (κ1) is 20.4. The molecule has 1 aromatic rings. The molecule has 0 spiro atoms. The smallest absolute Gasteiger partial charge is 0.321 e. The Hall–Kier alpha value is -1.62. The highest BCUT2D eigenvalue weighted by molar-refractivity contribution is 8.76. The Balaban J connectivity index is 2.58. The molecule has 0 aromatic heterocycles. The maximum Gasteiger partial charge on any atom is 0.321 e. The van der Waals surface area contributed by atoms with Crippen molar-refractivity contribution in [3.05, 3.63) is 23.8 Å². The van der Waals surface area contributed by atoms with Gasteiger partial charge in [0.25, 0.3) is 0 Å². The van der Waals surface area contributed by atoms with E-state index in [0.717, 1.165) is 0 Å². The first-order valence-corrected chi connectivity index (χ1v) is 9.44. The zero-order chi connectivity index (χ0) is 18.3. The third kappa shape index (κ3) is 6.48. The van der Waals surface area contributed by atoms with E-state index in [1.807, 2.05) is 0 Å². The van der Waals surface area contributed by atoms with Crippen LogP contribution in [0.3, 0.4) is 0 Å². The number of carbonyl (C=O) groups is 2. The van der Waals surface area contributed by atoms with E-state index in [0.29, 0.717) is 5.56 Å². The molecule has 24 heavy (non-hydrogen) atoms. The van der Waals surface area contributed by atoms with Gasteiger partial charge < -0.3 is 26.2 Å². The largest absolute Gasteiger partial charge is 0.508 e. The molecular formula is C14H20N2O6S2. The number of hydrogen-bond acceptors (Lipinski definition) is 8. The van der Waals surface area contributed by atoms with Gasteiger partial charge in [-0.15, -0.1) is 0 Å². The van der Waals surface area contributed by atoms with E-state index >= 15 is 0 Å². The lowest BCUT2D eigenvalue weighted by Crippen LogP contribution is -2.40. The molecule has 0 aliphatic rings. The van der Waals surface area contributed by atoms with Gasteiger partial charge in [-0.2, -0.15) is 0 Å². The number of hydrogen-bond donors (Lipinski definition) is 6.